The fraction of sp³-hybridized carbons (Fsp3) is 0.273. The Morgan fingerprint density at radius 1 is 0.932 bits per heavy atom. The molecule has 8 nitrogen and oxygen atoms in total. The second-order valence-corrected chi connectivity index (χ2v) is 11.4. The molecule has 3 aromatic carbocycles. The zero-order chi connectivity index (χ0) is 31.1. The maximum Gasteiger partial charge on any atom is 0.251 e. The molecule has 0 bridgehead atoms. The van der Waals surface area contributed by atoms with E-state index in [1.165, 1.54) is 35.2 Å². The Morgan fingerprint density at radius 2 is 1.61 bits per heavy atom. The Hall–Kier alpha value is -4.35. The lowest BCUT2D eigenvalue weighted by atomic mass is 10.0. The number of halogens is 2. The van der Waals surface area contributed by atoms with E-state index >= 15 is 0 Å². The predicted octanol–water partition coefficient (Wildman–Crippen LogP) is 5.71. The van der Waals surface area contributed by atoms with Crippen molar-refractivity contribution in [1.29, 1.82) is 0 Å². The minimum Gasteiger partial charge on any atom is -0.378 e. The van der Waals surface area contributed by atoms with E-state index in [1.807, 2.05) is 32.0 Å². The van der Waals surface area contributed by atoms with Gasteiger partial charge < -0.3 is 19.9 Å². The molecule has 0 aliphatic carbocycles. The fourth-order valence-corrected chi connectivity index (χ4v) is 5.85. The van der Waals surface area contributed by atoms with Crippen molar-refractivity contribution in [3.8, 4) is 0 Å². The van der Waals surface area contributed by atoms with Crippen LogP contribution in [0.15, 0.2) is 84.0 Å². The van der Waals surface area contributed by atoms with Gasteiger partial charge >= 0.3 is 0 Å². The highest BCUT2D eigenvalue weighted by Crippen LogP contribution is 2.28. The van der Waals surface area contributed by atoms with Gasteiger partial charge in [-0.25, -0.2) is 18.7 Å². The second kappa shape index (κ2) is 14.4. The topological polar surface area (TPSA) is 87.7 Å². The summed E-state index contributed by atoms with van der Waals surface area (Å²) in [6.45, 7) is 6.54. The third-order valence-corrected chi connectivity index (χ3v) is 7.94. The van der Waals surface area contributed by atoms with Crippen LogP contribution in [-0.4, -0.2) is 58.7 Å². The van der Waals surface area contributed by atoms with Crippen LogP contribution in [0.1, 0.15) is 28.6 Å². The van der Waals surface area contributed by atoms with Crippen LogP contribution < -0.4 is 10.2 Å². The van der Waals surface area contributed by atoms with Gasteiger partial charge in [0.1, 0.15) is 17.7 Å². The smallest absolute Gasteiger partial charge is 0.251 e. The SMILES string of the molecule is Cc1cc(C)nc(SCC(=O)N(Cc2ccc(F)cc2)C(C(=O)Nc2ccc(N3CCOCC3)cc2)c2cccc(F)c2)n1. The molecule has 1 fully saturated rings. The molecule has 0 spiro atoms. The lowest BCUT2D eigenvalue weighted by Gasteiger charge is -2.32. The first kappa shape index (κ1) is 31.1. The van der Waals surface area contributed by atoms with Gasteiger partial charge in [0, 0.05) is 42.4 Å². The molecule has 4 aromatic rings. The average molecular weight is 618 g/mol. The molecular formula is C33H33F2N5O3S. The Labute approximate surface area is 259 Å². The van der Waals surface area contributed by atoms with Crippen LogP contribution >= 0.6 is 11.8 Å². The zero-order valence-corrected chi connectivity index (χ0v) is 25.3. The molecule has 1 aromatic heterocycles. The molecule has 11 heteroatoms. The van der Waals surface area contributed by atoms with E-state index in [2.05, 4.69) is 20.2 Å². The van der Waals surface area contributed by atoms with Crippen LogP contribution in [-0.2, 0) is 20.9 Å². The van der Waals surface area contributed by atoms with Gasteiger partial charge in [-0.15, -0.1) is 0 Å². The maximum absolute atomic E-state index is 14.5. The monoisotopic (exact) mass is 617 g/mol. The van der Waals surface area contributed by atoms with Crippen LogP contribution in [0.5, 0.6) is 0 Å². The lowest BCUT2D eigenvalue weighted by molar-refractivity contribution is -0.137. The van der Waals surface area contributed by atoms with E-state index in [-0.39, 0.29) is 12.3 Å². The molecule has 1 aliphatic heterocycles. The van der Waals surface area contributed by atoms with E-state index in [0.717, 1.165) is 41.9 Å². The summed E-state index contributed by atoms with van der Waals surface area (Å²) >= 11 is 1.15. The third kappa shape index (κ3) is 8.18. The Balaban J connectivity index is 1.44. The van der Waals surface area contributed by atoms with Crippen LogP contribution in [0.25, 0.3) is 0 Å². The number of carbonyl (C=O) groups excluding carboxylic acids is 2. The Morgan fingerprint density at radius 3 is 2.27 bits per heavy atom. The standard InChI is InChI=1S/C33H33F2N5O3S/c1-22-18-23(2)37-33(36-22)44-21-30(41)40(20-24-6-8-26(34)9-7-24)31(25-4-3-5-27(35)19-25)32(42)38-28-10-12-29(13-11-28)39-14-16-43-17-15-39/h3-13,18-19,31H,14-17,20-21H2,1-2H3,(H,38,42). The first-order valence-corrected chi connectivity index (χ1v) is 15.2. The van der Waals surface area contributed by atoms with Crippen molar-refractivity contribution in [1.82, 2.24) is 14.9 Å². The molecule has 44 heavy (non-hydrogen) atoms. The Kier molecular flexibility index (Phi) is 10.2. The number of aryl methyl sites for hydroxylation is 2. The van der Waals surface area contributed by atoms with Crippen molar-refractivity contribution in [2.24, 2.45) is 0 Å². The summed E-state index contributed by atoms with van der Waals surface area (Å²) in [4.78, 5) is 40.3. The van der Waals surface area contributed by atoms with Crippen molar-refractivity contribution in [3.63, 3.8) is 0 Å². The molecule has 5 rings (SSSR count). The van der Waals surface area contributed by atoms with Gasteiger partial charge in [0.2, 0.25) is 5.91 Å². The largest absolute Gasteiger partial charge is 0.378 e. The Bertz CT molecular complexity index is 1580. The van der Waals surface area contributed by atoms with Crippen molar-refractivity contribution in [2.75, 3.05) is 42.3 Å². The summed E-state index contributed by atoms with van der Waals surface area (Å²) < 4.78 is 33.7. The number of hydrogen-bond acceptors (Lipinski definition) is 7. The van der Waals surface area contributed by atoms with Gasteiger partial charge in [0.05, 0.1) is 19.0 Å². The normalized spacial score (nSPS) is 13.8. The summed E-state index contributed by atoms with van der Waals surface area (Å²) in [5, 5.41) is 3.35. The van der Waals surface area contributed by atoms with Crippen molar-refractivity contribution in [3.05, 3.63) is 113 Å². The summed E-state index contributed by atoms with van der Waals surface area (Å²) in [5.41, 5.74) is 3.99. The molecule has 1 unspecified atom stereocenters. The molecular weight excluding hydrogens is 584 g/mol. The van der Waals surface area contributed by atoms with E-state index < -0.39 is 29.5 Å². The summed E-state index contributed by atoms with van der Waals surface area (Å²) in [6, 6.07) is 19.4. The number of rotatable bonds is 10. The van der Waals surface area contributed by atoms with E-state index in [4.69, 9.17) is 4.74 Å². The van der Waals surface area contributed by atoms with Crippen LogP contribution in [0.2, 0.25) is 0 Å². The highest BCUT2D eigenvalue weighted by Gasteiger charge is 2.32. The van der Waals surface area contributed by atoms with Gasteiger partial charge in [0.25, 0.3) is 5.91 Å². The van der Waals surface area contributed by atoms with Gasteiger partial charge in [-0.2, -0.15) is 0 Å². The number of carbonyl (C=O) groups is 2. The van der Waals surface area contributed by atoms with Crippen molar-refractivity contribution in [2.45, 2.75) is 31.6 Å². The number of hydrogen-bond donors (Lipinski definition) is 1. The number of amides is 2. The first-order chi connectivity index (χ1) is 21.2. The minimum atomic E-state index is -1.19. The molecule has 228 valence electrons. The molecule has 1 saturated heterocycles. The summed E-state index contributed by atoms with van der Waals surface area (Å²) in [5.74, 6) is -1.94. The number of ether oxygens (including phenoxy) is 1. The molecule has 1 N–H and O–H groups in total. The molecule has 1 atom stereocenters. The number of nitrogens with zero attached hydrogens (tertiary/aromatic N) is 4. The number of thioether (sulfide) groups is 1. The van der Waals surface area contributed by atoms with Gasteiger partial charge in [-0.05, 0) is 79.6 Å². The first-order valence-electron chi connectivity index (χ1n) is 14.2. The third-order valence-electron chi connectivity index (χ3n) is 7.11. The zero-order valence-electron chi connectivity index (χ0n) is 24.5. The van der Waals surface area contributed by atoms with Crippen LogP contribution in [0, 0.1) is 25.5 Å². The highest BCUT2D eigenvalue weighted by molar-refractivity contribution is 7.99. The van der Waals surface area contributed by atoms with Crippen LogP contribution in [0.3, 0.4) is 0 Å². The number of anilines is 2. The van der Waals surface area contributed by atoms with Gasteiger partial charge in [-0.1, -0.05) is 36.0 Å². The number of aromatic nitrogens is 2. The molecule has 0 radical (unpaired) electrons. The minimum absolute atomic E-state index is 0.0159. The fourth-order valence-electron chi connectivity index (χ4n) is 5.01. The van der Waals surface area contributed by atoms with E-state index in [1.54, 1.807) is 30.3 Å². The number of benzene rings is 3. The van der Waals surface area contributed by atoms with Crippen LogP contribution in [0.4, 0.5) is 20.2 Å². The second-order valence-electron chi connectivity index (χ2n) is 10.5. The van der Waals surface area contributed by atoms with E-state index in [9.17, 15) is 18.4 Å². The quantitative estimate of drug-likeness (QED) is 0.180. The molecule has 2 heterocycles. The van der Waals surface area contributed by atoms with Gasteiger partial charge in [0.15, 0.2) is 5.16 Å². The average Bonchev–Trinajstić information content (AvgIpc) is 3.01. The molecule has 2 amide bonds. The van der Waals surface area contributed by atoms with Gasteiger partial charge in [-0.3, -0.25) is 9.59 Å². The lowest BCUT2D eigenvalue weighted by Crippen LogP contribution is -2.42. The number of nitrogens with one attached hydrogen (secondary N) is 1. The summed E-state index contributed by atoms with van der Waals surface area (Å²) in [6.07, 6.45) is 0. The van der Waals surface area contributed by atoms with Crippen molar-refractivity contribution < 1.29 is 23.1 Å². The predicted molar refractivity (Wildman–Crippen MR) is 166 cm³/mol. The molecule has 1 aliphatic rings. The maximum atomic E-state index is 14.5. The summed E-state index contributed by atoms with van der Waals surface area (Å²) in [7, 11) is 0. The van der Waals surface area contributed by atoms with Crippen molar-refractivity contribution >= 4 is 35.0 Å². The highest BCUT2D eigenvalue weighted by atomic mass is 32.2. The molecule has 0 saturated carbocycles. The number of morpholine rings is 1. The van der Waals surface area contributed by atoms with E-state index in [0.29, 0.717) is 35.2 Å².